The number of benzene rings is 2. The molecule has 0 saturated heterocycles. The molecule has 0 heterocycles. The molecular formula is C15H9ClF4. The van der Waals surface area contributed by atoms with Crippen LogP contribution in [0.5, 0.6) is 0 Å². The van der Waals surface area contributed by atoms with Crippen LogP contribution in [0.25, 0.3) is 11.1 Å². The Bertz CT molecular complexity index is 706. The summed E-state index contributed by atoms with van der Waals surface area (Å²) in [4.78, 5) is 0. The van der Waals surface area contributed by atoms with Gasteiger partial charge in [0.15, 0.2) is 0 Å². The molecule has 0 spiro atoms. The summed E-state index contributed by atoms with van der Waals surface area (Å²) < 4.78 is 54.3. The van der Waals surface area contributed by atoms with Gasteiger partial charge in [-0.15, -0.1) is 0 Å². The third-order valence-electron chi connectivity index (χ3n) is 3.90. The summed E-state index contributed by atoms with van der Waals surface area (Å²) in [5.41, 5.74) is -1.59. The normalized spacial score (nSPS) is 20.7. The van der Waals surface area contributed by atoms with E-state index in [-0.39, 0.29) is 21.7 Å². The van der Waals surface area contributed by atoms with Crippen LogP contribution in [0, 0.1) is 5.82 Å². The fourth-order valence-corrected chi connectivity index (χ4v) is 3.14. The van der Waals surface area contributed by atoms with Crippen molar-refractivity contribution in [1.29, 1.82) is 0 Å². The second-order valence-corrected chi connectivity index (χ2v) is 5.39. The highest BCUT2D eigenvalue weighted by Crippen LogP contribution is 2.57. The Hall–Kier alpha value is -1.55. The van der Waals surface area contributed by atoms with Gasteiger partial charge in [0.25, 0.3) is 0 Å². The Labute approximate surface area is 118 Å². The number of halogens is 5. The van der Waals surface area contributed by atoms with Crippen molar-refractivity contribution in [3.8, 4) is 11.1 Å². The Morgan fingerprint density at radius 1 is 1.05 bits per heavy atom. The van der Waals surface area contributed by atoms with Crippen LogP contribution in [0.2, 0.25) is 5.02 Å². The standard InChI is InChI=1S/C15H9ClF4/c1-14(15(18,19)20)10-5-3-2-4-9(10)13-11(14)6-8(17)7-12(13)16/h2-7H,1H3. The Morgan fingerprint density at radius 3 is 2.35 bits per heavy atom. The summed E-state index contributed by atoms with van der Waals surface area (Å²) in [5.74, 6) is -0.767. The fourth-order valence-electron chi connectivity index (χ4n) is 2.83. The molecule has 2 aromatic carbocycles. The van der Waals surface area contributed by atoms with Crippen LogP contribution < -0.4 is 0 Å². The number of alkyl halides is 3. The van der Waals surface area contributed by atoms with Gasteiger partial charge in [-0.2, -0.15) is 13.2 Å². The molecule has 2 aromatic rings. The van der Waals surface area contributed by atoms with Gasteiger partial charge in [0.2, 0.25) is 0 Å². The minimum absolute atomic E-state index is 0.000394. The summed E-state index contributed by atoms with van der Waals surface area (Å²) in [6.07, 6.45) is -4.54. The second kappa shape index (κ2) is 3.98. The summed E-state index contributed by atoms with van der Waals surface area (Å²) in [7, 11) is 0. The molecular weight excluding hydrogens is 292 g/mol. The molecule has 0 aliphatic heterocycles. The molecule has 1 aliphatic carbocycles. The fraction of sp³-hybridized carbons (Fsp3) is 0.200. The molecule has 0 aromatic heterocycles. The highest BCUT2D eigenvalue weighted by molar-refractivity contribution is 6.33. The van der Waals surface area contributed by atoms with E-state index in [1.165, 1.54) is 6.07 Å². The van der Waals surface area contributed by atoms with Gasteiger partial charge in [-0.25, -0.2) is 4.39 Å². The smallest absolute Gasteiger partial charge is 0.207 e. The van der Waals surface area contributed by atoms with Crippen LogP contribution in [-0.2, 0) is 5.41 Å². The quantitative estimate of drug-likeness (QED) is 0.577. The van der Waals surface area contributed by atoms with Crippen LogP contribution in [0.3, 0.4) is 0 Å². The summed E-state index contributed by atoms with van der Waals surface area (Å²) in [5, 5.41) is 0.000394. The third-order valence-corrected chi connectivity index (χ3v) is 4.19. The molecule has 0 saturated carbocycles. The van der Waals surface area contributed by atoms with E-state index in [0.717, 1.165) is 19.1 Å². The summed E-state index contributed by atoms with van der Waals surface area (Å²) in [6, 6.07) is 8.14. The number of hydrogen-bond acceptors (Lipinski definition) is 0. The molecule has 1 unspecified atom stereocenters. The lowest BCUT2D eigenvalue weighted by molar-refractivity contribution is -0.172. The highest BCUT2D eigenvalue weighted by atomic mass is 35.5. The average Bonchev–Trinajstić information content (AvgIpc) is 2.61. The van der Waals surface area contributed by atoms with E-state index in [0.29, 0.717) is 5.56 Å². The molecule has 20 heavy (non-hydrogen) atoms. The molecule has 0 amide bonds. The zero-order chi connectivity index (χ0) is 14.7. The molecule has 0 fully saturated rings. The molecule has 1 atom stereocenters. The first kappa shape index (κ1) is 13.4. The van der Waals surface area contributed by atoms with Crippen LogP contribution in [0.15, 0.2) is 36.4 Å². The minimum atomic E-state index is -4.54. The molecule has 5 heteroatoms. The maximum Gasteiger partial charge on any atom is 0.402 e. The average molecular weight is 301 g/mol. The SMILES string of the molecule is CC1(C(F)(F)F)c2ccccc2-c2c(Cl)cc(F)cc21. The van der Waals surface area contributed by atoms with E-state index in [4.69, 9.17) is 11.6 Å². The van der Waals surface area contributed by atoms with Gasteiger partial charge in [0, 0.05) is 5.56 Å². The number of hydrogen-bond donors (Lipinski definition) is 0. The maximum atomic E-state index is 13.6. The lowest BCUT2D eigenvalue weighted by Crippen LogP contribution is -2.38. The third kappa shape index (κ3) is 1.54. The van der Waals surface area contributed by atoms with Crippen molar-refractivity contribution in [2.24, 2.45) is 0 Å². The largest absolute Gasteiger partial charge is 0.402 e. The van der Waals surface area contributed by atoms with Gasteiger partial charge in [0.1, 0.15) is 11.2 Å². The molecule has 3 rings (SSSR count). The van der Waals surface area contributed by atoms with E-state index in [9.17, 15) is 17.6 Å². The van der Waals surface area contributed by atoms with Gasteiger partial charge in [-0.3, -0.25) is 0 Å². The van der Waals surface area contributed by atoms with Gasteiger partial charge < -0.3 is 0 Å². The lowest BCUT2D eigenvalue weighted by Gasteiger charge is -2.30. The van der Waals surface area contributed by atoms with Crippen molar-refractivity contribution in [1.82, 2.24) is 0 Å². The molecule has 0 radical (unpaired) electrons. The monoisotopic (exact) mass is 300 g/mol. The first-order chi connectivity index (χ1) is 9.26. The molecule has 0 N–H and O–H groups in total. The van der Waals surface area contributed by atoms with Gasteiger partial charge in [-0.05, 0) is 35.7 Å². The minimum Gasteiger partial charge on any atom is -0.207 e. The van der Waals surface area contributed by atoms with E-state index in [1.807, 2.05) is 0 Å². The van der Waals surface area contributed by atoms with Crippen LogP contribution in [0.4, 0.5) is 17.6 Å². The maximum absolute atomic E-state index is 13.6. The van der Waals surface area contributed by atoms with Crippen LogP contribution >= 0.6 is 11.6 Å². The zero-order valence-corrected chi connectivity index (χ0v) is 11.1. The lowest BCUT2D eigenvalue weighted by atomic mass is 9.79. The van der Waals surface area contributed by atoms with E-state index in [1.54, 1.807) is 18.2 Å². The van der Waals surface area contributed by atoms with Crippen molar-refractivity contribution in [3.63, 3.8) is 0 Å². The van der Waals surface area contributed by atoms with Crippen molar-refractivity contribution < 1.29 is 17.6 Å². The first-order valence-electron chi connectivity index (χ1n) is 5.93. The Morgan fingerprint density at radius 2 is 1.70 bits per heavy atom. The summed E-state index contributed by atoms with van der Waals surface area (Å²) >= 11 is 5.97. The molecule has 0 bridgehead atoms. The van der Waals surface area contributed by atoms with Crippen molar-refractivity contribution in [3.05, 3.63) is 58.4 Å². The molecule has 0 nitrogen and oxygen atoms in total. The topological polar surface area (TPSA) is 0 Å². The second-order valence-electron chi connectivity index (χ2n) is 4.98. The predicted octanol–water partition coefficient (Wildman–Crippen LogP) is 5.33. The van der Waals surface area contributed by atoms with E-state index in [2.05, 4.69) is 0 Å². The molecule has 104 valence electrons. The number of rotatable bonds is 0. The van der Waals surface area contributed by atoms with Crippen molar-refractivity contribution in [2.75, 3.05) is 0 Å². The number of fused-ring (bicyclic) bond motifs is 3. The first-order valence-corrected chi connectivity index (χ1v) is 6.30. The van der Waals surface area contributed by atoms with Crippen LogP contribution in [-0.4, -0.2) is 6.18 Å². The van der Waals surface area contributed by atoms with Gasteiger partial charge >= 0.3 is 6.18 Å². The molecule has 1 aliphatic rings. The van der Waals surface area contributed by atoms with E-state index < -0.39 is 17.4 Å². The zero-order valence-electron chi connectivity index (χ0n) is 10.4. The van der Waals surface area contributed by atoms with Crippen LogP contribution in [0.1, 0.15) is 18.1 Å². The van der Waals surface area contributed by atoms with Gasteiger partial charge in [0.05, 0.1) is 5.02 Å². The van der Waals surface area contributed by atoms with E-state index >= 15 is 0 Å². The predicted molar refractivity (Wildman–Crippen MR) is 69.4 cm³/mol. The van der Waals surface area contributed by atoms with Gasteiger partial charge in [-0.1, -0.05) is 35.9 Å². The Balaban J connectivity index is 2.47. The van der Waals surface area contributed by atoms with Crippen molar-refractivity contribution >= 4 is 11.6 Å². The summed E-state index contributed by atoms with van der Waals surface area (Å²) in [6.45, 7) is 1.06. The highest BCUT2D eigenvalue weighted by Gasteiger charge is 2.58. The van der Waals surface area contributed by atoms with Crippen molar-refractivity contribution in [2.45, 2.75) is 18.5 Å². The Kier molecular flexibility index (Phi) is 2.67.